The van der Waals surface area contributed by atoms with E-state index in [4.69, 9.17) is 4.74 Å². The van der Waals surface area contributed by atoms with Crippen molar-refractivity contribution in [3.05, 3.63) is 59.7 Å². The van der Waals surface area contributed by atoms with Crippen LogP contribution in [-0.2, 0) is 0 Å². The van der Waals surface area contributed by atoms with E-state index in [-0.39, 0.29) is 12.4 Å². The van der Waals surface area contributed by atoms with Gasteiger partial charge in [-0.15, -0.1) is 0 Å². The maximum Gasteiger partial charge on any atom is 0.190 e. The monoisotopic (exact) mass is 276 g/mol. The van der Waals surface area contributed by atoms with Crippen LogP contribution in [0.25, 0.3) is 0 Å². The van der Waals surface area contributed by atoms with Crippen molar-refractivity contribution >= 4 is 11.9 Å². The van der Waals surface area contributed by atoms with Crippen LogP contribution in [0.1, 0.15) is 12.5 Å². The summed E-state index contributed by atoms with van der Waals surface area (Å²) in [6.45, 7) is 1.87. The molecule has 0 saturated carbocycles. The van der Waals surface area contributed by atoms with E-state index in [1.165, 1.54) is 18.3 Å². The van der Waals surface area contributed by atoms with Gasteiger partial charge in [-0.25, -0.2) is 8.78 Å². The highest BCUT2D eigenvalue weighted by Gasteiger charge is 2.11. The predicted octanol–water partition coefficient (Wildman–Crippen LogP) is 3.81. The number of halogens is 2. The number of hydrogen-bond donors (Lipinski definition) is 1. The van der Waals surface area contributed by atoms with Gasteiger partial charge in [-0.2, -0.15) is 5.10 Å². The van der Waals surface area contributed by atoms with Crippen molar-refractivity contribution in [2.45, 2.75) is 6.92 Å². The Kier molecular flexibility index (Phi) is 4.65. The topological polar surface area (TPSA) is 33.6 Å². The first-order chi connectivity index (χ1) is 9.70. The largest absolute Gasteiger partial charge is 0.488 e. The molecule has 0 amide bonds. The van der Waals surface area contributed by atoms with E-state index < -0.39 is 11.6 Å². The van der Waals surface area contributed by atoms with E-state index in [0.29, 0.717) is 5.56 Å². The Labute approximate surface area is 115 Å². The van der Waals surface area contributed by atoms with Gasteiger partial charge < -0.3 is 4.74 Å². The molecule has 0 bridgehead atoms. The maximum atomic E-state index is 13.6. The second-order valence-corrected chi connectivity index (χ2v) is 3.98. The van der Waals surface area contributed by atoms with Gasteiger partial charge in [0.2, 0.25) is 0 Å². The highest BCUT2D eigenvalue weighted by atomic mass is 19.1. The Morgan fingerprint density at radius 1 is 1.15 bits per heavy atom. The summed E-state index contributed by atoms with van der Waals surface area (Å²) < 4.78 is 32.1. The van der Waals surface area contributed by atoms with Gasteiger partial charge in [-0.05, 0) is 31.2 Å². The molecule has 2 aromatic rings. The summed E-state index contributed by atoms with van der Waals surface area (Å²) in [6, 6.07) is 11.6. The molecule has 0 aliphatic carbocycles. The molecule has 0 fully saturated rings. The molecular weight excluding hydrogens is 262 g/mol. The standard InChI is InChI=1S/C15H14F2N2O/c1-2-20-15-13(16)8-11(9-14(15)17)10-18-19-12-6-4-3-5-7-12/h3-10,19H,2H2,1H3. The summed E-state index contributed by atoms with van der Waals surface area (Å²) in [7, 11) is 0. The van der Waals surface area contributed by atoms with Crippen LogP contribution in [0, 0.1) is 11.6 Å². The number of hydrazone groups is 1. The second-order valence-electron chi connectivity index (χ2n) is 3.98. The fraction of sp³-hybridized carbons (Fsp3) is 0.133. The lowest BCUT2D eigenvalue weighted by molar-refractivity contribution is 0.302. The van der Waals surface area contributed by atoms with Crippen molar-refractivity contribution in [2.75, 3.05) is 12.0 Å². The van der Waals surface area contributed by atoms with E-state index in [1.807, 2.05) is 30.3 Å². The first kappa shape index (κ1) is 14.0. The summed E-state index contributed by atoms with van der Waals surface area (Å²) in [5.74, 6) is -1.85. The van der Waals surface area contributed by atoms with Crippen LogP contribution in [-0.4, -0.2) is 12.8 Å². The zero-order chi connectivity index (χ0) is 14.4. The number of rotatable bonds is 5. The lowest BCUT2D eigenvalue weighted by Gasteiger charge is -2.06. The van der Waals surface area contributed by atoms with Crippen molar-refractivity contribution in [3.63, 3.8) is 0 Å². The molecule has 20 heavy (non-hydrogen) atoms. The van der Waals surface area contributed by atoms with Crippen LogP contribution in [0.2, 0.25) is 0 Å². The molecule has 0 atom stereocenters. The first-order valence-electron chi connectivity index (χ1n) is 6.16. The molecule has 2 aromatic carbocycles. The van der Waals surface area contributed by atoms with Crippen molar-refractivity contribution in [1.82, 2.24) is 0 Å². The molecule has 0 unspecified atom stereocenters. The minimum atomic E-state index is -0.743. The molecule has 0 spiro atoms. The quantitative estimate of drug-likeness (QED) is 0.665. The average Bonchev–Trinajstić information content (AvgIpc) is 2.44. The van der Waals surface area contributed by atoms with Crippen LogP contribution in [0.4, 0.5) is 14.5 Å². The molecule has 0 heterocycles. The summed E-state index contributed by atoms with van der Waals surface area (Å²) in [5.41, 5.74) is 3.86. The lowest BCUT2D eigenvalue weighted by atomic mass is 10.2. The number of hydrogen-bond acceptors (Lipinski definition) is 3. The SMILES string of the molecule is CCOc1c(F)cc(C=NNc2ccccc2)cc1F. The smallest absolute Gasteiger partial charge is 0.190 e. The Balaban J connectivity index is 2.10. The normalized spacial score (nSPS) is 10.8. The van der Waals surface area contributed by atoms with Gasteiger partial charge in [0.1, 0.15) is 0 Å². The van der Waals surface area contributed by atoms with Gasteiger partial charge in [0.25, 0.3) is 0 Å². The van der Waals surface area contributed by atoms with E-state index in [1.54, 1.807) is 6.92 Å². The first-order valence-corrected chi connectivity index (χ1v) is 6.16. The van der Waals surface area contributed by atoms with Gasteiger partial charge in [-0.3, -0.25) is 5.43 Å². The third-order valence-electron chi connectivity index (χ3n) is 2.49. The lowest BCUT2D eigenvalue weighted by Crippen LogP contribution is -2.00. The average molecular weight is 276 g/mol. The molecular formula is C15H14F2N2O. The van der Waals surface area contributed by atoms with E-state index in [2.05, 4.69) is 10.5 Å². The van der Waals surface area contributed by atoms with Gasteiger partial charge in [0.05, 0.1) is 18.5 Å². The Hall–Kier alpha value is -2.43. The minimum Gasteiger partial charge on any atom is -0.488 e. The van der Waals surface area contributed by atoms with Crippen molar-refractivity contribution in [3.8, 4) is 5.75 Å². The second kappa shape index (κ2) is 6.65. The van der Waals surface area contributed by atoms with E-state index in [0.717, 1.165) is 5.69 Å². The molecule has 0 radical (unpaired) electrons. The predicted molar refractivity (Wildman–Crippen MR) is 75.2 cm³/mol. The highest BCUT2D eigenvalue weighted by Crippen LogP contribution is 2.22. The Morgan fingerprint density at radius 2 is 1.80 bits per heavy atom. The molecule has 3 nitrogen and oxygen atoms in total. The Morgan fingerprint density at radius 3 is 2.40 bits per heavy atom. The number of anilines is 1. The number of para-hydroxylation sites is 1. The van der Waals surface area contributed by atoms with Gasteiger partial charge in [0.15, 0.2) is 17.4 Å². The fourth-order valence-corrected chi connectivity index (χ4v) is 1.63. The number of ether oxygens (including phenoxy) is 1. The zero-order valence-electron chi connectivity index (χ0n) is 10.9. The fourth-order valence-electron chi connectivity index (χ4n) is 1.63. The summed E-state index contributed by atoms with van der Waals surface area (Å²) in [4.78, 5) is 0. The van der Waals surface area contributed by atoms with Gasteiger partial charge in [0, 0.05) is 5.56 Å². The molecule has 5 heteroatoms. The number of nitrogens with zero attached hydrogens (tertiary/aromatic N) is 1. The highest BCUT2D eigenvalue weighted by molar-refractivity contribution is 5.80. The zero-order valence-corrected chi connectivity index (χ0v) is 10.9. The molecule has 1 N–H and O–H groups in total. The summed E-state index contributed by atoms with van der Waals surface area (Å²) >= 11 is 0. The molecule has 0 aromatic heterocycles. The van der Waals surface area contributed by atoms with E-state index >= 15 is 0 Å². The van der Waals surface area contributed by atoms with Crippen LogP contribution in [0.3, 0.4) is 0 Å². The molecule has 2 rings (SSSR count). The maximum absolute atomic E-state index is 13.6. The van der Waals surface area contributed by atoms with Crippen molar-refractivity contribution in [1.29, 1.82) is 0 Å². The molecule has 104 valence electrons. The van der Waals surface area contributed by atoms with E-state index in [9.17, 15) is 8.78 Å². The molecule has 0 aliphatic rings. The summed E-state index contributed by atoms with van der Waals surface area (Å²) in [6.07, 6.45) is 1.34. The number of nitrogens with one attached hydrogen (secondary N) is 1. The van der Waals surface area contributed by atoms with Gasteiger partial charge >= 0.3 is 0 Å². The summed E-state index contributed by atoms with van der Waals surface area (Å²) in [5, 5.41) is 3.92. The Bertz CT molecular complexity index is 577. The van der Waals surface area contributed by atoms with Crippen LogP contribution < -0.4 is 10.2 Å². The minimum absolute atomic E-state index is 0.205. The van der Waals surface area contributed by atoms with Crippen molar-refractivity contribution < 1.29 is 13.5 Å². The molecule has 0 saturated heterocycles. The van der Waals surface area contributed by atoms with Crippen molar-refractivity contribution in [2.24, 2.45) is 5.10 Å². The third-order valence-corrected chi connectivity index (χ3v) is 2.49. The molecule has 0 aliphatic heterocycles. The van der Waals surface area contributed by atoms with Crippen LogP contribution in [0.5, 0.6) is 5.75 Å². The third kappa shape index (κ3) is 3.54. The van der Waals surface area contributed by atoms with Crippen LogP contribution in [0.15, 0.2) is 47.6 Å². The van der Waals surface area contributed by atoms with Crippen LogP contribution >= 0.6 is 0 Å². The van der Waals surface area contributed by atoms with Gasteiger partial charge in [-0.1, -0.05) is 18.2 Å². The number of benzene rings is 2.